The topological polar surface area (TPSA) is 99.2 Å². The highest BCUT2D eigenvalue weighted by molar-refractivity contribution is 9.10. The van der Waals surface area contributed by atoms with E-state index in [9.17, 15) is 19.2 Å². The Morgan fingerprint density at radius 2 is 2.00 bits per heavy atom. The summed E-state index contributed by atoms with van der Waals surface area (Å²) in [5.74, 6) is -1.59. The fourth-order valence-electron chi connectivity index (χ4n) is 2.12. The average Bonchev–Trinajstić information content (AvgIpc) is 2.88. The zero-order valence-electron chi connectivity index (χ0n) is 14.8. The highest BCUT2D eigenvalue weighted by Gasteiger charge is 2.36. The van der Waals surface area contributed by atoms with Crippen LogP contribution in [0.2, 0.25) is 5.02 Å². The predicted molar refractivity (Wildman–Crippen MR) is 106 cm³/mol. The summed E-state index contributed by atoms with van der Waals surface area (Å²) < 4.78 is 15.1. The van der Waals surface area contributed by atoms with E-state index in [-0.39, 0.29) is 28.9 Å². The molecule has 0 radical (unpaired) electrons. The van der Waals surface area contributed by atoms with Crippen LogP contribution >= 0.6 is 39.3 Å². The van der Waals surface area contributed by atoms with Gasteiger partial charge in [0.25, 0.3) is 11.1 Å². The first kappa shape index (κ1) is 22.3. The molecule has 1 aromatic rings. The normalized spacial score (nSPS) is 15.1. The maximum absolute atomic E-state index is 12.3. The molecule has 150 valence electrons. The largest absolute Gasteiger partial charge is 0.479 e. The summed E-state index contributed by atoms with van der Waals surface area (Å²) in [7, 11) is 1.17. The number of halogens is 2. The Bertz CT molecular complexity index is 835. The highest BCUT2D eigenvalue weighted by Crippen LogP contribution is 2.37. The lowest BCUT2D eigenvalue weighted by molar-refractivity contribution is -0.145. The SMILES string of the molecule is CCOC(=O)COc1c(Cl)cc(C=C2SC(=O)N(CC(=O)OC)C2=O)cc1Br. The van der Waals surface area contributed by atoms with E-state index < -0.39 is 29.6 Å². The highest BCUT2D eigenvalue weighted by atomic mass is 79.9. The summed E-state index contributed by atoms with van der Waals surface area (Å²) in [4.78, 5) is 48.0. The third-order valence-electron chi connectivity index (χ3n) is 3.35. The molecular formula is C17H15BrClNO7S. The Labute approximate surface area is 178 Å². The first-order chi connectivity index (χ1) is 13.3. The number of hydrogen-bond acceptors (Lipinski definition) is 8. The third-order valence-corrected chi connectivity index (χ3v) is 5.12. The molecule has 0 aliphatic carbocycles. The number of rotatable bonds is 7. The molecule has 8 nitrogen and oxygen atoms in total. The molecule has 2 rings (SSSR count). The van der Waals surface area contributed by atoms with E-state index >= 15 is 0 Å². The molecule has 1 aliphatic rings. The van der Waals surface area contributed by atoms with Gasteiger partial charge in [0, 0.05) is 0 Å². The molecule has 0 unspecified atom stereocenters. The molecule has 28 heavy (non-hydrogen) atoms. The van der Waals surface area contributed by atoms with Crippen LogP contribution < -0.4 is 4.74 Å². The number of imide groups is 1. The maximum atomic E-state index is 12.3. The summed E-state index contributed by atoms with van der Waals surface area (Å²) in [5.41, 5.74) is 0.518. The monoisotopic (exact) mass is 491 g/mol. The average molecular weight is 493 g/mol. The summed E-state index contributed by atoms with van der Waals surface area (Å²) in [6.45, 7) is 1.16. The number of hydrogen-bond donors (Lipinski definition) is 0. The van der Waals surface area contributed by atoms with Crippen molar-refractivity contribution < 1.29 is 33.4 Å². The van der Waals surface area contributed by atoms with Gasteiger partial charge in [0.05, 0.1) is 28.1 Å². The lowest BCUT2D eigenvalue weighted by atomic mass is 10.2. The van der Waals surface area contributed by atoms with Gasteiger partial charge in [-0.3, -0.25) is 19.3 Å². The maximum Gasteiger partial charge on any atom is 0.344 e. The minimum absolute atomic E-state index is 0.136. The van der Waals surface area contributed by atoms with Crippen LogP contribution in [0.15, 0.2) is 21.5 Å². The van der Waals surface area contributed by atoms with Crippen LogP contribution in [0, 0.1) is 0 Å². The molecule has 0 N–H and O–H groups in total. The summed E-state index contributed by atoms with van der Waals surface area (Å²) in [6, 6.07) is 3.13. The molecular weight excluding hydrogens is 478 g/mol. The number of methoxy groups -OCH3 is 1. The number of benzene rings is 1. The molecule has 2 amide bonds. The first-order valence-corrected chi connectivity index (χ1v) is 9.85. The lowest BCUT2D eigenvalue weighted by Gasteiger charge is -2.11. The Kier molecular flexibility index (Phi) is 7.90. The zero-order chi connectivity index (χ0) is 20.8. The second-order valence-corrected chi connectivity index (χ2v) is 7.51. The molecule has 0 saturated carbocycles. The first-order valence-electron chi connectivity index (χ1n) is 7.86. The van der Waals surface area contributed by atoms with Crippen LogP contribution in [0.25, 0.3) is 6.08 Å². The van der Waals surface area contributed by atoms with E-state index in [0.29, 0.717) is 21.8 Å². The second kappa shape index (κ2) is 9.94. The quantitative estimate of drug-likeness (QED) is 0.422. The van der Waals surface area contributed by atoms with Crippen molar-refractivity contribution >= 4 is 68.5 Å². The number of ether oxygens (including phenoxy) is 3. The molecule has 0 atom stereocenters. The minimum atomic E-state index is -0.697. The van der Waals surface area contributed by atoms with Crippen molar-refractivity contribution in [1.29, 1.82) is 0 Å². The summed E-state index contributed by atoms with van der Waals surface area (Å²) in [6.07, 6.45) is 1.47. The van der Waals surface area contributed by atoms with Crippen molar-refractivity contribution in [2.24, 2.45) is 0 Å². The van der Waals surface area contributed by atoms with Crippen LogP contribution in [-0.4, -0.2) is 54.9 Å². The van der Waals surface area contributed by atoms with E-state index in [1.807, 2.05) is 0 Å². The van der Waals surface area contributed by atoms with Crippen LogP contribution in [-0.2, 0) is 23.9 Å². The van der Waals surface area contributed by atoms with E-state index in [1.165, 1.54) is 19.3 Å². The molecule has 0 aromatic heterocycles. The molecule has 1 heterocycles. The molecule has 1 aromatic carbocycles. The van der Waals surface area contributed by atoms with Gasteiger partial charge in [-0.2, -0.15) is 0 Å². The van der Waals surface area contributed by atoms with Crippen molar-refractivity contribution in [2.75, 3.05) is 26.9 Å². The Morgan fingerprint density at radius 1 is 1.29 bits per heavy atom. The van der Waals surface area contributed by atoms with Crippen LogP contribution in [0.1, 0.15) is 12.5 Å². The minimum Gasteiger partial charge on any atom is -0.479 e. The Balaban J connectivity index is 2.18. The Hall–Kier alpha value is -2.04. The van der Waals surface area contributed by atoms with E-state index in [2.05, 4.69) is 20.7 Å². The van der Waals surface area contributed by atoms with Gasteiger partial charge in [-0.15, -0.1) is 0 Å². The van der Waals surface area contributed by atoms with Crippen molar-refractivity contribution in [2.45, 2.75) is 6.92 Å². The van der Waals surface area contributed by atoms with E-state index in [4.69, 9.17) is 21.1 Å². The van der Waals surface area contributed by atoms with Crippen molar-refractivity contribution in [3.05, 3.63) is 32.1 Å². The molecule has 1 aliphatic heterocycles. The van der Waals surface area contributed by atoms with Gasteiger partial charge in [-0.1, -0.05) is 11.6 Å². The number of nitrogens with zero attached hydrogens (tertiary/aromatic N) is 1. The number of amides is 2. The van der Waals surface area contributed by atoms with Gasteiger partial charge in [-0.25, -0.2) is 4.79 Å². The number of carbonyl (C=O) groups excluding carboxylic acids is 4. The number of thioether (sulfide) groups is 1. The molecule has 1 saturated heterocycles. The van der Waals surface area contributed by atoms with Gasteiger partial charge in [0.1, 0.15) is 6.54 Å². The van der Waals surface area contributed by atoms with Crippen molar-refractivity contribution in [1.82, 2.24) is 4.90 Å². The predicted octanol–water partition coefficient (Wildman–Crippen LogP) is 3.25. The number of esters is 2. The molecule has 11 heteroatoms. The van der Waals surface area contributed by atoms with Crippen LogP contribution in [0.5, 0.6) is 5.75 Å². The van der Waals surface area contributed by atoms with Gasteiger partial charge in [-0.05, 0) is 58.4 Å². The summed E-state index contributed by atoms with van der Waals surface area (Å²) >= 11 is 10.2. The van der Waals surface area contributed by atoms with E-state index in [0.717, 1.165) is 4.90 Å². The lowest BCUT2D eigenvalue weighted by Crippen LogP contribution is -2.34. The molecule has 0 bridgehead atoms. The summed E-state index contributed by atoms with van der Waals surface area (Å²) in [5, 5.41) is -0.375. The zero-order valence-corrected chi connectivity index (χ0v) is 18.0. The van der Waals surface area contributed by atoms with Gasteiger partial charge in [0.2, 0.25) is 0 Å². The smallest absolute Gasteiger partial charge is 0.344 e. The molecule has 1 fully saturated rings. The fraction of sp³-hybridized carbons (Fsp3) is 0.294. The third kappa shape index (κ3) is 5.49. The van der Waals surface area contributed by atoms with Gasteiger partial charge < -0.3 is 14.2 Å². The standard InChI is InChI=1S/C17H15BrClNO7S/c1-3-26-14(22)8-27-15-10(18)4-9(5-11(15)19)6-12-16(23)20(17(24)28-12)7-13(21)25-2/h4-6H,3,7-8H2,1-2H3. The molecule has 0 spiro atoms. The fourth-order valence-corrected chi connectivity index (χ4v) is 3.94. The van der Waals surface area contributed by atoms with Gasteiger partial charge in [0.15, 0.2) is 12.4 Å². The number of carbonyl (C=O) groups is 4. The van der Waals surface area contributed by atoms with Crippen LogP contribution in [0.3, 0.4) is 0 Å². The van der Waals surface area contributed by atoms with E-state index in [1.54, 1.807) is 13.0 Å². The van der Waals surface area contributed by atoms with Crippen LogP contribution in [0.4, 0.5) is 4.79 Å². The van der Waals surface area contributed by atoms with Gasteiger partial charge >= 0.3 is 11.9 Å². The van der Waals surface area contributed by atoms with Crippen molar-refractivity contribution in [3.63, 3.8) is 0 Å². The Morgan fingerprint density at radius 3 is 2.61 bits per heavy atom. The second-order valence-electron chi connectivity index (χ2n) is 5.25. The van der Waals surface area contributed by atoms with Crippen molar-refractivity contribution in [3.8, 4) is 5.75 Å².